The number of carbonyl (C=O) groups excluding carboxylic acids is 2. The number of nitrogens with zero attached hydrogens (tertiary/aromatic N) is 1. The van der Waals surface area contributed by atoms with Crippen molar-refractivity contribution in [3.63, 3.8) is 0 Å². The van der Waals surface area contributed by atoms with E-state index in [2.05, 4.69) is 5.32 Å². The van der Waals surface area contributed by atoms with Crippen LogP contribution in [0.3, 0.4) is 0 Å². The summed E-state index contributed by atoms with van der Waals surface area (Å²) >= 11 is 0. The number of methoxy groups -OCH3 is 2. The predicted octanol–water partition coefficient (Wildman–Crippen LogP) is 4.28. The lowest BCUT2D eigenvalue weighted by atomic mass is 10.1. The van der Waals surface area contributed by atoms with Gasteiger partial charge in [-0.05, 0) is 47.0 Å². The van der Waals surface area contributed by atoms with Crippen molar-refractivity contribution in [3.05, 3.63) is 101 Å². The minimum atomic E-state index is -0.457. The van der Waals surface area contributed by atoms with Crippen LogP contribution in [0.15, 0.2) is 78.4 Å². The van der Waals surface area contributed by atoms with Crippen LogP contribution in [0.2, 0.25) is 0 Å². The van der Waals surface area contributed by atoms with Crippen LogP contribution in [0.25, 0.3) is 6.08 Å². The number of amides is 1. The van der Waals surface area contributed by atoms with Crippen LogP contribution in [0.4, 0.5) is 0 Å². The van der Waals surface area contributed by atoms with Crippen molar-refractivity contribution < 1.29 is 23.8 Å². The van der Waals surface area contributed by atoms with Crippen LogP contribution in [-0.2, 0) is 22.7 Å². The van der Waals surface area contributed by atoms with Crippen molar-refractivity contribution in [1.29, 1.82) is 5.26 Å². The highest BCUT2D eigenvalue weighted by Gasteiger charge is 2.11. The Labute approximate surface area is 198 Å². The lowest BCUT2D eigenvalue weighted by molar-refractivity contribution is -0.117. The highest BCUT2D eigenvalue weighted by molar-refractivity contribution is 6.01. The summed E-state index contributed by atoms with van der Waals surface area (Å²) in [5.74, 6) is 0.106. The zero-order valence-electron chi connectivity index (χ0n) is 18.9. The summed E-state index contributed by atoms with van der Waals surface area (Å²) in [7, 11) is 2.85. The lowest BCUT2D eigenvalue weighted by Crippen LogP contribution is -2.23. The Morgan fingerprint density at radius 3 is 2.32 bits per heavy atom. The first kappa shape index (κ1) is 24.1. The summed E-state index contributed by atoms with van der Waals surface area (Å²) < 4.78 is 16.0. The molecular weight excluding hydrogens is 432 g/mol. The first-order valence-electron chi connectivity index (χ1n) is 10.5. The molecule has 172 valence electrons. The first-order valence-corrected chi connectivity index (χ1v) is 10.5. The number of benzene rings is 3. The molecule has 0 bridgehead atoms. The summed E-state index contributed by atoms with van der Waals surface area (Å²) in [6.45, 7) is 0.591. The molecule has 0 saturated heterocycles. The fourth-order valence-corrected chi connectivity index (χ4v) is 3.10. The first-order chi connectivity index (χ1) is 16.5. The third-order valence-electron chi connectivity index (χ3n) is 4.93. The zero-order valence-corrected chi connectivity index (χ0v) is 18.9. The number of esters is 1. The Kier molecular flexibility index (Phi) is 8.42. The molecule has 0 fully saturated rings. The Hall–Kier alpha value is -4.57. The summed E-state index contributed by atoms with van der Waals surface area (Å²) in [6.07, 6.45) is 1.50. The largest absolute Gasteiger partial charge is 0.493 e. The van der Waals surface area contributed by atoms with Crippen molar-refractivity contribution in [2.45, 2.75) is 13.2 Å². The molecule has 3 aromatic carbocycles. The number of nitriles is 1. The molecule has 0 saturated carbocycles. The molecule has 0 aliphatic carbocycles. The van der Waals surface area contributed by atoms with Crippen LogP contribution in [0.1, 0.15) is 27.0 Å². The fourth-order valence-electron chi connectivity index (χ4n) is 3.10. The maximum atomic E-state index is 12.4. The van der Waals surface area contributed by atoms with E-state index in [4.69, 9.17) is 14.2 Å². The van der Waals surface area contributed by atoms with Crippen LogP contribution in [0.5, 0.6) is 11.5 Å². The number of hydrogen-bond donors (Lipinski definition) is 1. The third kappa shape index (κ3) is 6.47. The Morgan fingerprint density at radius 2 is 1.68 bits per heavy atom. The van der Waals surface area contributed by atoms with Gasteiger partial charge in [-0.25, -0.2) is 4.79 Å². The molecule has 0 aliphatic rings. The van der Waals surface area contributed by atoms with E-state index >= 15 is 0 Å². The van der Waals surface area contributed by atoms with Crippen molar-refractivity contribution in [1.82, 2.24) is 5.32 Å². The molecule has 7 nitrogen and oxygen atoms in total. The van der Waals surface area contributed by atoms with Gasteiger partial charge in [0.15, 0.2) is 11.5 Å². The van der Waals surface area contributed by atoms with Gasteiger partial charge >= 0.3 is 5.97 Å². The van der Waals surface area contributed by atoms with Crippen LogP contribution in [0, 0.1) is 11.3 Å². The van der Waals surface area contributed by atoms with E-state index in [1.165, 1.54) is 20.3 Å². The maximum Gasteiger partial charge on any atom is 0.337 e. The quantitative estimate of drug-likeness (QED) is 0.293. The van der Waals surface area contributed by atoms with E-state index in [1.54, 1.807) is 42.5 Å². The predicted molar refractivity (Wildman–Crippen MR) is 127 cm³/mol. The highest BCUT2D eigenvalue weighted by atomic mass is 16.5. The van der Waals surface area contributed by atoms with Gasteiger partial charge in [-0.15, -0.1) is 0 Å². The van der Waals surface area contributed by atoms with Gasteiger partial charge in [0.05, 0.1) is 19.8 Å². The van der Waals surface area contributed by atoms with E-state index < -0.39 is 11.9 Å². The van der Waals surface area contributed by atoms with E-state index in [0.29, 0.717) is 29.2 Å². The zero-order chi connectivity index (χ0) is 24.3. The van der Waals surface area contributed by atoms with Gasteiger partial charge in [0.1, 0.15) is 18.2 Å². The standard InChI is InChI=1S/C27H24N2O5/c1-32-25-15-21(14-23(16-28)26(30)29-17-19-6-4-3-5-7-19)10-13-24(25)34-18-20-8-11-22(12-9-20)27(31)33-2/h3-15H,17-18H2,1-2H3,(H,29,30). The molecule has 0 unspecified atom stereocenters. The second-order valence-corrected chi connectivity index (χ2v) is 7.23. The average Bonchev–Trinajstić information content (AvgIpc) is 2.89. The van der Waals surface area contributed by atoms with E-state index in [1.807, 2.05) is 36.4 Å². The molecule has 1 N–H and O–H groups in total. The third-order valence-corrected chi connectivity index (χ3v) is 4.93. The molecule has 0 heterocycles. The Morgan fingerprint density at radius 1 is 0.941 bits per heavy atom. The van der Waals surface area contributed by atoms with Crippen molar-refractivity contribution in [2.24, 2.45) is 0 Å². The van der Waals surface area contributed by atoms with Gasteiger partial charge in [-0.1, -0.05) is 48.5 Å². The normalized spacial score (nSPS) is 10.7. The molecule has 0 aromatic heterocycles. The number of ether oxygens (including phenoxy) is 3. The van der Waals surface area contributed by atoms with Crippen LogP contribution >= 0.6 is 0 Å². The van der Waals surface area contributed by atoms with Crippen LogP contribution in [-0.4, -0.2) is 26.1 Å². The Bertz CT molecular complexity index is 1210. The van der Waals surface area contributed by atoms with Gasteiger partial charge < -0.3 is 19.5 Å². The number of hydrogen-bond acceptors (Lipinski definition) is 6. The molecule has 1 amide bonds. The van der Waals surface area contributed by atoms with Crippen molar-refractivity contribution >= 4 is 18.0 Å². The van der Waals surface area contributed by atoms with Gasteiger partial charge in [0, 0.05) is 6.54 Å². The number of nitrogens with one attached hydrogen (secondary N) is 1. The topological polar surface area (TPSA) is 97.7 Å². The molecule has 0 radical (unpaired) electrons. The SMILES string of the molecule is COC(=O)c1ccc(COc2ccc(C=C(C#N)C(=O)NCc3ccccc3)cc2OC)cc1. The molecule has 34 heavy (non-hydrogen) atoms. The summed E-state index contributed by atoms with van der Waals surface area (Å²) in [5.41, 5.74) is 2.87. The van der Waals surface area contributed by atoms with Gasteiger partial charge in [-0.2, -0.15) is 5.26 Å². The van der Waals surface area contributed by atoms with Crippen molar-refractivity contribution in [2.75, 3.05) is 14.2 Å². The van der Waals surface area contributed by atoms with Gasteiger partial charge in [0.2, 0.25) is 0 Å². The summed E-state index contributed by atoms with van der Waals surface area (Å²) in [5, 5.41) is 12.2. The van der Waals surface area contributed by atoms with E-state index in [0.717, 1.165) is 11.1 Å². The van der Waals surface area contributed by atoms with Crippen LogP contribution < -0.4 is 14.8 Å². The minimum Gasteiger partial charge on any atom is -0.493 e. The monoisotopic (exact) mass is 456 g/mol. The smallest absolute Gasteiger partial charge is 0.337 e. The average molecular weight is 456 g/mol. The summed E-state index contributed by atoms with van der Waals surface area (Å²) in [6, 6.07) is 23.4. The van der Waals surface area contributed by atoms with Gasteiger partial charge in [0.25, 0.3) is 5.91 Å². The fraction of sp³-hybridized carbons (Fsp3) is 0.148. The molecule has 0 aliphatic heterocycles. The summed E-state index contributed by atoms with van der Waals surface area (Å²) in [4.78, 5) is 24.0. The van der Waals surface area contributed by atoms with Gasteiger partial charge in [-0.3, -0.25) is 4.79 Å². The van der Waals surface area contributed by atoms with Crippen molar-refractivity contribution in [3.8, 4) is 17.6 Å². The minimum absolute atomic E-state index is 0.0163. The molecule has 0 spiro atoms. The molecular formula is C27H24N2O5. The molecule has 0 atom stereocenters. The number of rotatable bonds is 9. The second kappa shape index (κ2) is 11.9. The second-order valence-electron chi connectivity index (χ2n) is 7.23. The Balaban J connectivity index is 1.67. The van der Waals surface area contributed by atoms with E-state index in [9.17, 15) is 14.9 Å². The molecule has 7 heteroatoms. The molecule has 3 rings (SSSR count). The maximum absolute atomic E-state index is 12.4. The number of carbonyl (C=O) groups is 2. The lowest BCUT2D eigenvalue weighted by Gasteiger charge is -2.12. The highest BCUT2D eigenvalue weighted by Crippen LogP contribution is 2.29. The van der Waals surface area contributed by atoms with E-state index in [-0.39, 0.29) is 12.2 Å². The molecule has 3 aromatic rings.